The summed E-state index contributed by atoms with van der Waals surface area (Å²) in [5, 5.41) is 0. The van der Waals surface area contributed by atoms with Crippen LogP contribution < -0.4 is 0 Å². The molecular formula is C13H21N. The van der Waals surface area contributed by atoms with Crippen molar-refractivity contribution in [2.45, 2.75) is 33.1 Å². The Hall–Kier alpha value is -1.11. The molecule has 0 aromatic carbocycles. The zero-order valence-corrected chi connectivity index (χ0v) is 9.37. The van der Waals surface area contributed by atoms with Gasteiger partial charge in [-0.05, 0) is 24.8 Å². The van der Waals surface area contributed by atoms with E-state index in [4.69, 9.17) is 0 Å². The lowest BCUT2D eigenvalue weighted by molar-refractivity contribution is 0.545. The van der Waals surface area contributed by atoms with Crippen LogP contribution in [0.15, 0.2) is 42.1 Å². The van der Waals surface area contributed by atoms with Crippen molar-refractivity contribution >= 4 is 6.21 Å². The average molecular weight is 191 g/mol. The molecule has 14 heavy (non-hydrogen) atoms. The Morgan fingerprint density at radius 2 is 2.14 bits per heavy atom. The number of hydrogen-bond acceptors (Lipinski definition) is 1. The van der Waals surface area contributed by atoms with Crippen molar-refractivity contribution in [1.29, 1.82) is 0 Å². The van der Waals surface area contributed by atoms with Gasteiger partial charge in [0.25, 0.3) is 0 Å². The predicted octanol–water partition coefficient (Wildman–Crippen LogP) is 4.14. The van der Waals surface area contributed by atoms with Crippen LogP contribution in [-0.2, 0) is 0 Å². The molecule has 0 saturated carbocycles. The van der Waals surface area contributed by atoms with Crippen LogP contribution in [0.2, 0.25) is 0 Å². The van der Waals surface area contributed by atoms with Crippen LogP contribution in [0.3, 0.4) is 0 Å². The van der Waals surface area contributed by atoms with Gasteiger partial charge in [0.1, 0.15) is 0 Å². The first-order valence-corrected chi connectivity index (χ1v) is 5.25. The SMILES string of the molecule is C=C/C=N\C=C/C(=C)C(CC)CCC. The first-order chi connectivity index (χ1) is 6.76. The molecule has 0 heterocycles. The second kappa shape index (κ2) is 8.49. The van der Waals surface area contributed by atoms with E-state index in [0.29, 0.717) is 5.92 Å². The highest BCUT2D eigenvalue weighted by Crippen LogP contribution is 2.20. The Morgan fingerprint density at radius 1 is 1.43 bits per heavy atom. The fraction of sp³-hybridized carbons (Fsp3) is 0.462. The minimum atomic E-state index is 0.607. The van der Waals surface area contributed by atoms with E-state index < -0.39 is 0 Å². The van der Waals surface area contributed by atoms with E-state index in [9.17, 15) is 0 Å². The molecule has 0 aromatic heterocycles. The predicted molar refractivity (Wildman–Crippen MR) is 65.7 cm³/mol. The van der Waals surface area contributed by atoms with Gasteiger partial charge in [-0.2, -0.15) is 0 Å². The Bertz CT molecular complexity index is 223. The summed E-state index contributed by atoms with van der Waals surface area (Å²) in [5.41, 5.74) is 1.18. The van der Waals surface area contributed by atoms with Gasteiger partial charge in [-0.15, -0.1) is 0 Å². The quantitative estimate of drug-likeness (QED) is 0.423. The Kier molecular flexibility index (Phi) is 7.81. The third kappa shape index (κ3) is 5.52. The van der Waals surface area contributed by atoms with Gasteiger partial charge in [0.15, 0.2) is 0 Å². The van der Waals surface area contributed by atoms with E-state index in [1.54, 1.807) is 18.5 Å². The van der Waals surface area contributed by atoms with Gasteiger partial charge in [-0.25, -0.2) is 0 Å². The number of aliphatic imine (C=N–C) groups is 1. The standard InChI is InChI=1S/C13H21N/c1-5-8-13(7-3)12(4)9-11-14-10-6-2/h6,9-11,13H,2,4-5,7-8H2,1,3H3/b11-9-,14-10-. The van der Waals surface area contributed by atoms with Gasteiger partial charge in [0, 0.05) is 12.4 Å². The summed E-state index contributed by atoms with van der Waals surface area (Å²) in [7, 11) is 0. The van der Waals surface area contributed by atoms with Crippen LogP contribution in [0.4, 0.5) is 0 Å². The van der Waals surface area contributed by atoms with Crippen LogP contribution in [-0.4, -0.2) is 6.21 Å². The van der Waals surface area contributed by atoms with Crippen molar-refractivity contribution < 1.29 is 0 Å². The van der Waals surface area contributed by atoms with Crippen molar-refractivity contribution in [3.05, 3.63) is 37.1 Å². The molecule has 0 N–H and O–H groups in total. The van der Waals surface area contributed by atoms with Gasteiger partial charge < -0.3 is 0 Å². The van der Waals surface area contributed by atoms with E-state index in [1.807, 2.05) is 6.08 Å². The van der Waals surface area contributed by atoms with Crippen molar-refractivity contribution in [1.82, 2.24) is 0 Å². The molecule has 0 bridgehead atoms. The summed E-state index contributed by atoms with van der Waals surface area (Å²) in [6.45, 7) is 12.0. The van der Waals surface area contributed by atoms with E-state index in [1.165, 1.54) is 18.4 Å². The lowest BCUT2D eigenvalue weighted by atomic mass is 9.93. The van der Waals surface area contributed by atoms with Gasteiger partial charge >= 0.3 is 0 Å². The zero-order chi connectivity index (χ0) is 10.8. The third-order valence-corrected chi connectivity index (χ3v) is 2.22. The fourth-order valence-electron chi connectivity index (χ4n) is 1.39. The van der Waals surface area contributed by atoms with E-state index in [-0.39, 0.29) is 0 Å². The lowest BCUT2D eigenvalue weighted by Gasteiger charge is -2.13. The maximum Gasteiger partial charge on any atom is 0.0270 e. The summed E-state index contributed by atoms with van der Waals surface area (Å²) in [6.07, 6.45) is 10.7. The normalized spacial score (nSPS) is 13.6. The second-order valence-electron chi connectivity index (χ2n) is 3.32. The molecule has 1 unspecified atom stereocenters. The van der Waals surface area contributed by atoms with E-state index in [2.05, 4.69) is 32.0 Å². The van der Waals surface area contributed by atoms with Crippen LogP contribution in [0, 0.1) is 5.92 Å². The maximum atomic E-state index is 4.06. The van der Waals surface area contributed by atoms with Gasteiger partial charge in [-0.3, -0.25) is 4.99 Å². The molecular weight excluding hydrogens is 170 g/mol. The van der Waals surface area contributed by atoms with Gasteiger partial charge in [-0.1, -0.05) is 45.1 Å². The molecule has 0 fully saturated rings. The van der Waals surface area contributed by atoms with Crippen molar-refractivity contribution in [3.63, 3.8) is 0 Å². The summed E-state index contributed by atoms with van der Waals surface area (Å²) >= 11 is 0. The molecule has 78 valence electrons. The summed E-state index contributed by atoms with van der Waals surface area (Å²) < 4.78 is 0. The Morgan fingerprint density at radius 3 is 2.64 bits per heavy atom. The van der Waals surface area contributed by atoms with E-state index in [0.717, 1.165) is 6.42 Å². The third-order valence-electron chi connectivity index (χ3n) is 2.22. The van der Waals surface area contributed by atoms with Crippen LogP contribution >= 0.6 is 0 Å². The molecule has 1 heteroatoms. The lowest BCUT2D eigenvalue weighted by Crippen LogP contribution is -1.99. The van der Waals surface area contributed by atoms with Crippen molar-refractivity contribution in [3.8, 4) is 0 Å². The number of hydrogen-bond donors (Lipinski definition) is 0. The van der Waals surface area contributed by atoms with Crippen LogP contribution in [0.5, 0.6) is 0 Å². The van der Waals surface area contributed by atoms with Crippen molar-refractivity contribution in [2.75, 3.05) is 0 Å². The minimum Gasteiger partial charge on any atom is -0.265 e. The number of nitrogens with zero attached hydrogens (tertiary/aromatic N) is 1. The van der Waals surface area contributed by atoms with Crippen LogP contribution in [0.1, 0.15) is 33.1 Å². The highest BCUT2D eigenvalue weighted by atomic mass is 14.6. The summed E-state index contributed by atoms with van der Waals surface area (Å²) in [5.74, 6) is 0.607. The number of rotatable bonds is 7. The molecule has 0 radical (unpaired) electrons. The molecule has 1 nitrogen and oxygen atoms in total. The highest BCUT2D eigenvalue weighted by Gasteiger charge is 2.05. The molecule has 0 saturated heterocycles. The van der Waals surface area contributed by atoms with Crippen molar-refractivity contribution in [2.24, 2.45) is 10.9 Å². The first-order valence-electron chi connectivity index (χ1n) is 5.25. The van der Waals surface area contributed by atoms with Gasteiger partial charge in [0.05, 0.1) is 0 Å². The largest absolute Gasteiger partial charge is 0.265 e. The average Bonchev–Trinajstić information content (AvgIpc) is 2.20. The molecule has 0 aliphatic heterocycles. The number of allylic oxidation sites excluding steroid dienone is 3. The maximum absolute atomic E-state index is 4.06. The zero-order valence-electron chi connectivity index (χ0n) is 9.37. The fourth-order valence-corrected chi connectivity index (χ4v) is 1.39. The smallest absolute Gasteiger partial charge is 0.0270 e. The topological polar surface area (TPSA) is 12.4 Å². The second-order valence-corrected chi connectivity index (χ2v) is 3.32. The highest BCUT2D eigenvalue weighted by molar-refractivity contribution is 5.70. The Labute approximate surface area is 87.9 Å². The molecule has 0 rings (SSSR count). The molecule has 0 aromatic rings. The van der Waals surface area contributed by atoms with E-state index >= 15 is 0 Å². The summed E-state index contributed by atoms with van der Waals surface area (Å²) in [6, 6.07) is 0. The van der Waals surface area contributed by atoms with Gasteiger partial charge in [0.2, 0.25) is 0 Å². The summed E-state index contributed by atoms with van der Waals surface area (Å²) in [4.78, 5) is 4.02. The molecule has 1 atom stereocenters. The molecule has 0 aliphatic carbocycles. The molecule has 0 aliphatic rings. The first kappa shape index (κ1) is 12.9. The monoisotopic (exact) mass is 191 g/mol. The minimum absolute atomic E-state index is 0.607. The molecule has 0 amide bonds. The Balaban J connectivity index is 4.09. The molecule has 0 spiro atoms. The van der Waals surface area contributed by atoms with Crippen LogP contribution in [0.25, 0.3) is 0 Å².